The van der Waals surface area contributed by atoms with E-state index in [2.05, 4.69) is 10.5 Å². The standard InChI is InChI=1S/C29H28Cl2N4O3S2/c1-19-5-8-24(9-6-19)34(40(37,38)26-12-10-25(39-4)11-13-26)18-29(36)33-32-17-22-15-20(2)35(21(22)3)28-14-7-23(30)16-27(28)31/h5-17H,18H2,1-4H3,(H,33,36)/b32-17-. The van der Waals surface area contributed by atoms with E-state index in [1.807, 2.05) is 43.7 Å². The number of carbonyl (C=O) groups is 1. The van der Waals surface area contributed by atoms with Gasteiger partial charge < -0.3 is 4.57 Å². The summed E-state index contributed by atoms with van der Waals surface area (Å²) in [6, 6.07) is 20.7. The van der Waals surface area contributed by atoms with Crippen LogP contribution in [0.3, 0.4) is 0 Å². The van der Waals surface area contributed by atoms with Crippen molar-refractivity contribution in [2.24, 2.45) is 5.10 Å². The fourth-order valence-corrected chi connectivity index (χ4v) is 6.51. The van der Waals surface area contributed by atoms with Crippen LogP contribution in [0.4, 0.5) is 5.69 Å². The molecular weight excluding hydrogens is 587 g/mol. The third-order valence-electron chi connectivity index (χ3n) is 6.27. The Morgan fingerprint density at radius 2 is 1.68 bits per heavy atom. The van der Waals surface area contributed by atoms with Gasteiger partial charge in [-0.3, -0.25) is 9.10 Å². The predicted octanol–water partition coefficient (Wildman–Crippen LogP) is 6.78. The highest BCUT2D eigenvalue weighted by atomic mass is 35.5. The van der Waals surface area contributed by atoms with Gasteiger partial charge in [0.15, 0.2) is 0 Å². The molecule has 1 amide bonds. The number of halogens is 2. The Bertz CT molecular complexity index is 1670. The largest absolute Gasteiger partial charge is 0.316 e. The maximum absolute atomic E-state index is 13.6. The molecule has 0 aliphatic heterocycles. The van der Waals surface area contributed by atoms with E-state index in [0.717, 1.165) is 37.4 Å². The van der Waals surface area contributed by atoms with Crippen LogP contribution in [0.2, 0.25) is 10.0 Å². The van der Waals surface area contributed by atoms with Gasteiger partial charge in [-0.1, -0.05) is 40.9 Å². The highest BCUT2D eigenvalue weighted by Crippen LogP contribution is 2.29. The lowest BCUT2D eigenvalue weighted by Gasteiger charge is -2.24. The van der Waals surface area contributed by atoms with Gasteiger partial charge in [-0.05, 0) is 87.7 Å². The number of nitrogens with one attached hydrogen (secondary N) is 1. The number of aromatic nitrogens is 1. The Kier molecular flexibility index (Phi) is 9.30. The van der Waals surface area contributed by atoms with Crippen LogP contribution in [0.5, 0.6) is 0 Å². The highest BCUT2D eigenvalue weighted by molar-refractivity contribution is 7.98. The number of rotatable bonds is 9. The molecule has 0 spiro atoms. The molecule has 0 saturated carbocycles. The number of thioether (sulfide) groups is 1. The van der Waals surface area contributed by atoms with Crippen LogP contribution < -0.4 is 9.73 Å². The molecule has 7 nitrogen and oxygen atoms in total. The van der Waals surface area contributed by atoms with E-state index in [0.29, 0.717) is 15.7 Å². The zero-order valence-electron chi connectivity index (χ0n) is 22.4. The Morgan fingerprint density at radius 1 is 1.00 bits per heavy atom. The summed E-state index contributed by atoms with van der Waals surface area (Å²) in [6.45, 7) is 5.30. The average molecular weight is 616 g/mol. The van der Waals surface area contributed by atoms with Crippen molar-refractivity contribution in [1.29, 1.82) is 0 Å². The molecule has 4 aromatic rings. The summed E-state index contributed by atoms with van der Waals surface area (Å²) in [6.07, 6.45) is 3.43. The molecule has 11 heteroatoms. The van der Waals surface area contributed by atoms with E-state index in [9.17, 15) is 13.2 Å². The van der Waals surface area contributed by atoms with Crippen molar-refractivity contribution in [2.75, 3.05) is 17.1 Å². The van der Waals surface area contributed by atoms with Gasteiger partial charge in [-0.25, -0.2) is 13.8 Å². The SMILES string of the molecule is CSc1ccc(S(=O)(=O)N(CC(=O)N/N=C\c2cc(C)n(-c3ccc(Cl)cc3Cl)c2C)c2ccc(C)cc2)cc1. The normalized spacial score (nSPS) is 11.7. The fourth-order valence-electron chi connectivity index (χ4n) is 4.19. The molecular formula is C29H28Cl2N4O3S2. The number of anilines is 1. The molecule has 1 aromatic heterocycles. The number of hydrogen-bond donors (Lipinski definition) is 1. The maximum Gasteiger partial charge on any atom is 0.264 e. The number of benzene rings is 3. The first-order valence-corrected chi connectivity index (χ1v) is 15.6. The topological polar surface area (TPSA) is 83.8 Å². The van der Waals surface area contributed by atoms with Crippen molar-refractivity contribution in [3.63, 3.8) is 0 Å². The second-order valence-corrected chi connectivity index (χ2v) is 12.7. The molecule has 0 aliphatic rings. The fraction of sp³-hybridized carbons (Fsp3) is 0.172. The minimum Gasteiger partial charge on any atom is -0.316 e. The summed E-state index contributed by atoms with van der Waals surface area (Å²) in [5.74, 6) is -0.587. The Morgan fingerprint density at radius 3 is 2.30 bits per heavy atom. The summed E-state index contributed by atoms with van der Waals surface area (Å²) >= 11 is 14.0. The number of amides is 1. The van der Waals surface area contributed by atoms with Gasteiger partial charge in [0.2, 0.25) is 0 Å². The number of nitrogens with zero attached hydrogens (tertiary/aromatic N) is 3. The van der Waals surface area contributed by atoms with Gasteiger partial charge in [-0.2, -0.15) is 5.10 Å². The lowest BCUT2D eigenvalue weighted by molar-refractivity contribution is -0.119. The van der Waals surface area contributed by atoms with Gasteiger partial charge in [0.25, 0.3) is 15.9 Å². The number of carbonyl (C=O) groups excluding carboxylic acids is 1. The van der Waals surface area contributed by atoms with E-state index in [4.69, 9.17) is 23.2 Å². The molecule has 4 rings (SSSR count). The molecule has 0 saturated heterocycles. The summed E-state index contributed by atoms with van der Waals surface area (Å²) in [7, 11) is -4.02. The van der Waals surface area contributed by atoms with Crippen molar-refractivity contribution in [3.05, 3.63) is 105 Å². The lowest BCUT2D eigenvalue weighted by atomic mass is 10.2. The zero-order chi connectivity index (χ0) is 29.0. The number of hydrazone groups is 1. The minimum atomic E-state index is -4.02. The van der Waals surface area contributed by atoms with Gasteiger partial charge >= 0.3 is 0 Å². The third kappa shape index (κ3) is 6.55. The second-order valence-electron chi connectivity index (χ2n) is 9.07. The molecule has 40 heavy (non-hydrogen) atoms. The van der Waals surface area contributed by atoms with Gasteiger partial charge in [0.05, 0.1) is 27.5 Å². The monoisotopic (exact) mass is 614 g/mol. The summed E-state index contributed by atoms with van der Waals surface area (Å²) in [4.78, 5) is 14.0. The Labute approximate surface area is 248 Å². The number of hydrogen-bond acceptors (Lipinski definition) is 5. The molecule has 0 unspecified atom stereocenters. The molecule has 0 fully saturated rings. The van der Waals surface area contributed by atoms with E-state index >= 15 is 0 Å². The quantitative estimate of drug-likeness (QED) is 0.128. The van der Waals surface area contributed by atoms with Crippen LogP contribution in [0, 0.1) is 20.8 Å². The molecule has 0 aliphatic carbocycles. The third-order valence-corrected chi connectivity index (χ3v) is 9.34. The molecule has 0 radical (unpaired) electrons. The Balaban J connectivity index is 1.56. The van der Waals surface area contributed by atoms with Crippen molar-refractivity contribution >= 4 is 62.8 Å². The average Bonchev–Trinajstić information content (AvgIpc) is 3.20. The van der Waals surface area contributed by atoms with Crippen molar-refractivity contribution < 1.29 is 13.2 Å². The summed E-state index contributed by atoms with van der Waals surface area (Å²) < 4.78 is 30.2. The number of sulfonamides is 1. The molecule has 208 valence electrons. The lowest BCUT2D eigenvalue weighted by Crippen LogP contribution is -2.39. The van der Waals surface area contributed by atoms with Crippen LogP contribution >= 0.6 is 35.0 Å². The number of aryl methyl sites for hydroxylation is 2. The molecule has 3 aromatic carbocycles. The van der Waals surface area contributed by atoms with Crippen LogP contribution in [0.25, 0.3) is 5.69 Å². The van der Waals surface area contributed by atoms with Gasteiger partial charge in [0.1, 0.15) is 6.54 Å². The second kappa shape index (κ2) is 12.5. The van der Waals surface area contributed by atoms with E-state index in [1.165, 1.54) is 18.0 Å². The van der Waals surface area contributed by atoms with Crippen molar-refractivity contribution in [1.82, 2.24) is 9.99 Å². The Hall–Kier alpha value is -3.24. The summed E-state index contributed by atoms with van der Waals surface area (Å²) in [5, 5.41) is 5.16. The van der Waals surface area contributed by atoms with Crippen LogP contribution in [-0.4, -0.2) is 37.9 Å². The van der Waals surface area contributed by atoms with Crippen molar-refractivity contribution in [3.8, 4) is 5.69 Å². The van der Waals surface area contributed by atoms with E-state index in [1.54, 1.807) is 60.7 Å². The van der Waals surface area contributed by atoms with E-state index in [-0.39, 0.29) is 4.90 Å². The van der Waals surface area contributed by atoms with Crippen LogP contribution in [0.15, 0.2) is 87.7 Å². The van der Waals surface area contributed by atoms with E-state index < -0.39 is 22.5 Å². The maximum atomic E-state index is 13.6. The van der Waals surface area contributed by atoms with Crippen LogP contribution in [0.1, 0.15) is 22.5 Å². The molecule has 1 N–H and O–H groups in total. The first-order valence-electron chi connectivity index (χ1n) is 12.2. The van der Waals surface area contributed by atoms with Gasteiger partial charge in [-0.15, -0.1) is 11.8 Å². The molecule has 1 heterocycles. The summed E-state index contributed by atoms with van der Waals surface area (Å²) in [5.41, 5.74) is 7.12. The minimum absolute atomic E-state index is 0.0930. The smallest absolute Gasteiger partial charge is 0.264 e. The zero-order valence-corrected chi connectivity index (χ0v) is 25.5. The van der Waals surface area contributed by atoms with Crippen molar-refractivity contribution in [2.45, 2.75) is 30.6 Å². The molecule has 0 atom stereocenters. The first kappa shape index (κ1) is 29.7. The predicted molar refractivity (Wildman–Crippen MR) is 165 cm³/mol. The molecule has 0 bridgehead atoms. The highest BCUT2D eigenvalue weighted by Gasteiger charge is 2.27. The van der Waals surface area contributed by atoms with Crippen LogP contribution in [-0.2, 0) is 14.8 Å². The first-order chi connectivity index (χ1) is 19.0. The van der Waals surface area contributed by atoms with Gasteiger partial charge in [0, 0.05) is 26.9 Å².